The van der Waals surface area contributed by atoms with Crippen LogP contribution in [0.3, 0.4) is 0 Å². The first-order valence-electron chi connectivity index (χ1n) is 10.3. The summed E-state index contributed by atoms with van der Waals surface area (Å²) >= 11 is 6.19. The Morgan fingerprint density at radius 3 is 2.39 bits per heavy atom. The second-order valence-corrected chi connectivity index (χ2v) is 9.74. The van der Waals surface area contributed by atoms with Gasteiger partial charge in [-0.15, -0.1) is 0 Å². The molecule has 3 rings (SSSR count). The average Bonchev–Trinajstić information content (AvgIpc) is 3.06. The monoisotopic (exact) mass is 463 g/mol. The van der Waals surface area contributed by atoms with Gasteiger partial charge in [0.2, 0.25) is 15.9 Å². The van der Waals surface area contributed by atoms with E-state index < -0.39 is 15.9 Å². The van der Waals surface area contributed by atoms with Crippen LogP contribution in [0.1, 0.15) is 49.4 Å². The highest BCUT2D eigenvalue weighted by Gasteiger charge is 2.26. The first-order chi connectivity index (χ1) is 14.8. The van der Waals surface area contributed by atoms with Crippen molar-refractivity contribution in [1.29, 1.82) is 0 Å². The zero-order valence-corrected chi connectivity index (χ0v) is 18.9. The molecular weight excluding hydrogens is 438 g/mol. The molecule has 2 aromatic rings. The zero-order chi connectivity index (χ0) is 22.4. The molecule has 9 heteroatoms. The van der Waals surface area contributed by atoms with E-state index >= 15 is 0 Å². The van der Waals surface area contributed by atoms with Crippen LogP contribution in [0.25, 0.3) is 0 Å². The highest BCUT2D eigenvalue weighted by Crippen LogP contribution is 2.27. The van der Waals surface area contributed by atoms with Gasteiger partial charge in [-0.1, -0.05) is 37.4 Å². The van der Waals surface area contributed by atoms with E-state index in [4.69, 9.17) is 11.6 Å². The Balaban J connectivity index is 1.80. The number of halogens is 1. The number of carbonyl (C=O) groups excluding carboxylic acids is 2. The van der Waals surface area contributed by atoms with Crippen LogP contribution < -0.4 is 10.6 Å². The van der Waals surface area contributed by atoms with Crippen molar-refractivity contribution in [1.82, 2.24) is 4.31 Å². The Kier molecular flexibility index (Phi) is 7.69. The number of rotatable bonds is 6. The van der Waals surface area contributed by atoms with Crippen molar-refractivity contribution in [2.24, 2.45) is 0 Å². The summed E-state index contributed by atoms with van der Waals surface area (Å²) in [6.07, 6.45) is 4.04. The third kappa shape index (κ3) is 5.84. The van der Waals surface area contributed by atoms with Crippen molar-refractivity contribution in [3.63, 3.8) is 0 Å². The fourth-order valence-electron chi connectivity index (χ4n) is 3.37. The summed E-state index contributed by atoms with van der Waals surface area (Å²) in [6, 6.07) is 10.8. The van der Waals surface area contributed by atoms with E-state index in [9.17, 15) is 18.0 Å². The number of hydrogen-bond acceptors (Lipinski definition) is 4. The van der Waals surface area contributed by atoms with Gasteiger partial charge in [0.15, 0.2) is 0 Å². The number of nitrogens with zero attached hydrogens (tertiary/aromatic N) is 1. The largest absolute Gasteiger partial charge is 0.326 e. The maximum atomic E-state index is 13.0. The van der Waals surface area contributed by atoms with Gasteiger partial charge < -0.3 is 10.6 Å². The van der Waals surface area contributed by atoms with Crippen LogP contribution in [-0.2, 0) is 14.8 Å². The van der Waals surface area contributed by atoms with Crippen LogP contribution in [0.2, 0.25) is 5.02 Å². The summed E-state index contributed by atoms with van der Waals surface area (Å²) in [5.74, 6) is -0.653. The molecule has 0 aliphatic carbocycles. The molecule has 31 heavy (non-hydrogen) atoms. The maximum Gasteiger partial charge on any atom is 0.255 e. The Morgan fingerprint density at radius 1 is 1.00 bits per heavy atom. The third-order valence-electron chi connectivity index (χ3n) is 5.12. The molecule has 2 N–H and O–H groups in total. The van der Waals surface area contributed by atoms with Crippen molar-refractivity contribution < 1.29 is 18.0 Å². The number of hydrogen-bond donors (Lipinski definition) is 2. The number of benzene rings is 2. The standard InChI is InChI=1S/C22H26ClN3O4S/c1-2-21(27)24-17-10-11-19(23)20(15-17)25-22(28)16-8-7-9-18(14-16)31(29,30)26-12-5-3-4-6-13-26/h7-11,14-15H,2-6,12-13H2,1H3,(H,24,27)(H,25,28). The molecule has 2 amide bonds. The van der Waals surface area contributed by atoms with Gasteiger partial charge in [-0.25, -0.2) is 8.42 Å². The molecule has 0 unspecified atom stereocenters. The van der Waals surface area contributed by atoms with Gasteiger partial charge in [0.05, 0.1) is 15.6 Å². The lowest BCUT2D eigenvalue weighted by Crippen LogP contribution is -2.32. The predicted octanol–water partition coefficient (Wildman–Crippen LogP) is 4.51. The third-order valence-corrected chi connectivity index (χ3v) is 7.34. The number of carbonyl (C=O) groups is 2. The smallest absolute Gasteiger partial charge is 0.255 e. The van der Waals surface area contributed by atoms with Gasteiger partial charge >= 0.3 is 0 Å². The van der Waals surface area contributed by atoms with Gasteiger partial charge in [-0.05, 0) is 49.2 Å². The minimum Gasteiger partial charge on any atom is -0.326 e. The molecule has 0 saturated carbocycles. The molecule has 0 bridgehead atoms. The highest BCUT2D eigenvalue weighted by atomic mass is 35.5. The Labute approximate surface area is 187 Å². The van der Waals surface area contributed by atoms with Crippen molar-refractivity contribution >= 4 is 44.8 Å². The number of nitrogens with one attached hydrogen (secondary N) is 2. The summed E-state index contributed by atoms with van der Waals surface area (Å²) < 4.78 is 27.6. The first-order valence-corrected chi connectivity index (χ1v) is 12.1. The number of anilines is 2. The first kappa shape index (κ1) is 23.2. The summed E-state index contributed by atoms with van der Waals surface area (Å²) in [6.45, 7) is 2.72. The van der Waals surface area contributed by atoms with Crippen LogP contribution in [0.15, 0.2) is 47.4 Å². The van der Waals surface area contributed by atoms with Gasteiger partial charge in [0.25, 0.3) is 5.91 Å². The topological polar surface area (TPSA) is 95.6 Å². The van der Waals surface area contributed by atoms with E-state index in [2.05, 4.69) is 10.6 Å². The lowest BCUT2D eigenvalue weighted by Gasteiger charge is -2.20. The van der Waals surface area contributed by atoms with Crippen LogP contribution >= 0.6 is 11.6 Å². The summed E-state index contributed by atoms with van der Waals surface area (Å²) in [7, 11) is -3.67. The maximum absolute atomic E-state index is 13.0. The fraction of sp³-hybridized carbons (Fsp3) is 0.364. The van der Waals surface area contributed by atoms with Gasteiger partial charge in [-0.3, -0.25) is 9.59 Å². The molecule has 0 radical (unpaired) electrons. The van der Waals surface area contributed by atoms with Crippen LogP contribution in [0, 0.1) is 0 Å². The predicted molar refractivity (Wildman–Crippen MR) is 122 cm³/mol. The fourth-order valence-corrected chi connectivity index (χ4v) is 5.10. The molecule has 1 saturated heterocycles. The average molecular weight is 464 g/mol. The number of amides is 2. The molecule has 7 nitrogen and oxygen atoms in total. The van der Waals surface area contributed by atoms with E-state index in [0.717, 1.165) is 25.7 Å². The molecule has 0 atom stereocenters. The van der Waals surface area contributed by atoms with Crippen molar-refractivity contribution in [2.75, 3.05) is 23.7 Å². The second kappa shape index (κ2) is 10.3. The van der Waals surface area contributed by atoms with Crippen LogP contribution in [0.4, 0.5) is 11.4 Å². The molecular formula is C22H26ClN3O4S. The van der Waals surface area contributed by atoms with Crippen molar-refractivity contribution in [3.05, 3.63) is 53.1 Å². The zero-order valence-electron chi connectivity index (χ0n) is 17.4. The number of sulfonamides is 1. The summed E-state index contributed by atoms with van der Waals surface area (Å²) in [5, 5.41) is 5.71. The summed E-state index contributed by atoms with van der Waals surface area (Å²) in [5.41, 5.74) is 1.03. The van der Waals surface area contributed by atoms with Crippen LogP contribution in [-0.4, -0.2) is 37.6 Å². The van der Waals surface area contributed by atoms with Gasteiger partial charge in [0, 0.05) is 30.8 Å². The Morgan fingerprint density at radius 2 is 1.71 bits per heavy atom. The molecule has 166 valence electrons. The lowest BCUT2D eigenvalue weighted by molar-refractivity contribution is -0.115. The normalized spacial score (nSPS) is 15.2. The molecule has 1 fully saturated rings. The Bertz CT molecular complexity index is 1060. The van der Waals surface area contributed by atoms with Crippen molar-refractivity contribution in [3.8, 4) is 0 Å². The van der Waals surface area contributed by atoms with Gasteiger partial charge in [0.1, 0.15) is 0 Å². The van der Waals surface area contributed by atoms with Crippen molar-refractivity contribution in [2.45, 2.75) is 43.9 Å². The molecule has 1 aliphatic rings. The molecule has 1 heterocycles. The minimum atomic E-state index is -3.67. The molecule has 1 aliphatic heterocycles. The second-order valence-electron chi connectivity index (χ2n) is 7.40. The van der Waals surface area contributed by atoms with E-state index in [1.165, 1.54) is 16.4 Å². The van der Waals surface area contributed by atoms with E-state index in [0.29, 0.717) is 35.9 Å². The SMILES string of the molecule is CCC(=O)Nc1ccc(Cl)c(NC(=O)c2cccc(S(=O)(=O)N3CCCCCC3)c2)c1. The van der Waals surface area contributed by atoms with Crippen LogP contribution in [0.5, 0.6) is 0 Å². The van der Waals surface area contributed by atoms with E-state index in [1.807, 2.05) is 0 Å². The van der Waals surface area contributed by atoms with E-state index in [-0.39, 0.29) is 16.4 Å². The molecule has 0 spiro atoms. The molecule has 0 aromatic heterocycles. The van der Waals surface area contributed by atoms with E-state index in [1.54, 1.807) is 37.3 Å². The van der Waals surface area contributed by atoms with Gasteiger partial charge in [-0.2, -0.15) is 4.31 Å². The minimum absolute atomic E-state index is 0.0945. The lowest BCUT2D eigenvalue weighted by atomic mass is 10.2. The summed E-state index contributed by atoms with van der Waals surface area (Å²) in [4.78, 5) is 24.5. The highest BCUT2D eigenvalue weighted by molar-refractivity contribution is 7.89. The quantitative estimate of drug-likeness (QED) is 0.659. The molecule has 2 aromatic carbocycles. The Hall–Kier alpha value is -2.42.